The molecule has 1 aliphatic rings. The third-order valence-corrected chi connectivity index (χ3v) is 4.65. The topological polar surface area (TPSA) is 39.1 Å². The SMILES string of the molecule is CC(C)N1CCC(C#N)(NCc2cccs2)CC1. The van der Waals surface area contributed by atoms with Gasteiger partial charge < -0.3 is 4.90 Å². The molecule has 0 aromatic carbocycles. The van der Waals surface area contributed by atoms with Crippen LogP contribution in [-0.2, 0) is 6.54 Å². The average molecular weight is 263 g/mol. The first-order chi connectivity index (χ1) is 8.65. The number of hydrogen-bond donors (Lipinski definition) is 1. The Balaban J connectivity index is 1.90. The molecule has 2 heterocycles. The predicted octanol–water partition coefficient (Wildman–Crippen LogP) is 2.60. The van der Waals surface area contributed by atoms with Gasteiger partial charge in [0.15, 0.2) is 0 Å². The monoisotopic (exact) mass is 263 g/mol. The van der Waals surface area contributed by atoms with Crippen LogP contribution in [0.2, 0.25) is 0 Å². The van der Waals surface area contributed by atoms with E-state index >= 15 is 0 Å². The van der Waals surface area contributed by atoms with Crippen LogP contribution < -0.4 is 5.32 Å². The molecule has 1 N–H and O–H groups in total. The van der Waals surface area contributed by atoms with E-state index in [1.165, 1.54) is 4.88 Å². The van der Waals surface area contributed by atoms with E-state index in [4.69, 9.17) is 0 Å². The van der Waals surface area contributed by atoms with E-state index in [0.29, 0.717) is 6.04 Å². The van der Waals surface area contributed by atoms with Crippen LogP contribution in [0.1, 0.15) is 31.6 Å². The smallest absolute Gasteiger partial charge is 0.109 e. The predicted molar refractivity (Wildman–Crippen MR) is 75.4 cm³/mol. The Labute approximate surface area is 113 Å². The second-order valence-corrected chi connectivity index (χ2v) is 6.29. The Morgan fingerprint density at radius 3 is 2.72 bits per heavy atom. The summed E-state index contributed by atoms with van der Waals surface area (Å²) in [5.41, 5.74) is -0.324. The molecule has 1 aromatic heterocycles. The summed E-state index contributed by atoms with van der Waals surface area (Å²) in [7, 11) is 0. The normalized spacial score (nSPS) is 19.9. The Hall–Kier alpha value is -0.890. The van der Waals surface area contributed by atoms with Crippen molar-refractivity contribution >= 4 is 11.3 Å². The first-order valence-corrected chi connectivity index (χ1v) is 7.46. The molecule has 1 aromatic rings. The van der Waals surface area contributed by atoms with E-state index < -0.39 is 0 Å². The van der Waals surface area contributed by atoms with Gasteiger partial charge in [-0.1, -0.05) is 6.07 Å². The van der Waals surface area contributed by atoms with Gasteiger partial charge >= 0.3 is 0 Å². The lowest BCUT2D eigenvalue weighted by Gasteiger charge is -2.39. The number of rotatable bonds is 4. The van der Waals surface area contributed by atoms with E-state index in [2.05, 4.69) is 47.6 Å². The molecule has 0 saturated carbocycles. The Kier molecular flexibility index (Phi) is 4.39. The highest BCUT2D eigenvalue weighted by Gasteiger charge is 2.34. The van der Waals surface area contributed by atoms with Crippen LogP contribution in [0, 0.1) is 11.3 Å². The van der Waals surface area contributed by atoms with E-state index in [0.717, 1.165) is 32.5 Å². The highest BCUT2D eigenvalue weighted by molar-refractivity contribution is 7.09. The zero-order valence-corrected chi connectivity index (χ0v) is 12.0. The molecule has 0 amide bonds. The number of thiophene rings is 1. The summed E-state index contributed by atoms with van der Waals surface area (Å²) in [6.07, 6.45) is 1.85. The summed E-state index contributed by atoms with van der Waals surface area (Å²) in [5, 5.41) is 15.0. The molecule has 1 saturated heterocycles. The van der Waals surface area contributed by atoms with Gasteiger partial charge in [-0.2, -0.15) is 5.26 Å². The molecule has 3 nitrogen and oxygen atoms in total. The Morgan fingerprint density at radius 2 is 2.22 bits per heavy atom. The van der Waals surface area contributed by atoms with Gasteiger partial charge in [0.25, 0.3) is 0 Å². The minimum Gasteiger partial charge on any atom is -0.301 e. The zero-order chi connectivity index (χ0) is 13.0. The zero-order valence-electron chi connectivity index (χ0n) is 11.1. The average Bonchev–Trinajstić information content (AvgIpc) is 2.90. The molecule has 0 unspecified atom stereocenters. The summed E-state index contributed by atoms with van der Waals surface area (Å²) in [5.74, 6) is 0. The number of piperidine rings is 1. The van der Waals surface area contributed by atoms with Crippen LogP contribution in [0.5, 0.6) is 0 Å². The molecule has 2 rings (SSSR count). The fourth-order valence-corrected chi connectivity index (χ4v) is 3.06. The van der Waals surface area contributed by atoms with Crippen LogP contribution in [0.4, 0.5) is 0 Å². The van der Waals surface area contributed by atoms with Gasteiger partial charge in [-0.15, -0.1) is 11.3 Å². The molecule has 0 aliphatic carbocycles. The molecule has 0 bridgehead atoms. The maximum absolute atomic E-state index is 9.47. The van der Waals surface area contributed by atoms with Crippen molar-refractivity contribution in [2.24, 2.45) is 0 Å². The van der Waals surface area contributed by atoms with E-state index in [-0.39, 0.29) is 5.54 Å². The van der Waals surface area contributed by atoms with Gasteiger partial charge in [0.05, 0.1) is 6.07 Å². The third kappa shape index (κ3) is 3.11. The Morgan fingerprint density at radius 1 is 1.50 bits per heavy atom. The van der Waals surface area contributed by atoms with Crippen LogP contribution in [0.15, 0.2) is 17.5 Å². The van der Waals surface area contributed by atoms with Crippen molar-refractivity contribution in [3.63, 3.8) is 0 Å². The molecule has 0 radical (unpaired) electrons. The summed E-state index contributed by atoms with van der Waals surface area (Å²) >= 11 is 1.74. The van der Waals surface area contributed by atoms with Crippen molar-refractivity contribution < 1.29 is 0 Å². The molecule has 1 aliphatic heterocycles. The fraction of sp³-hybridized carbons (Fsp3) is 0.643. The van der Waals surface area contributed by atoms with Gasteiger partial charge in [-0.25, -0.2) is 0 Å². The molecular weight excluding hydrogens is 242 g/mol. The van der Waals surface area contributed by atoms with Crippen LogP contribution in [0.3, 0.4) is 0 Å². The number of nitrogens with zero attached hydrogens (tertiary/aromatic N) is 2. The second kappa shape index (κ2) is 5.83. The molecule has 98 valence electrons. The summed E-state index contributed by atoms with van der Waals surface area (Å²) in [4.78, 5) is 3.75. The van der Waals surface area contributed by atoms with Gasteiger partial charge in [0.2, 0.25) is 0 Å². The third-order valence-electron chi connectivity index (χ3n) is 3.78. The quantitative estimate of drug-likeness (QED) is 0.907. The minimum absolute atomic E-state index is 0.324. The standard InChI is InChI=1S/C14H21N3S/c1-12(2)17-7-5-14(11-15,6-8-17)16-10-13-4-3-9-18-13/h3-4,9,12,16H,5-8,10H2,1-2H3. The molecule has 18 heavy (non-hydrogen) atoms. The van der Waals surface area contributed by atoms with Crippen molar-refractivity contribution in [1.82, 2.24) is 10.2 Å². The summed E-state index contributed by atoms with van der Waals surface area (Å²) < 4.78 is 0. The van der Waals surface area contributed by atoms with Gasteiger partial charge in [0, 0.05) is 30.6 Å². The van der Waals surface area contributed by atoms with Gasteiger partial charge in [-0.05, 0) is 38.1 Å². The largest absolute Gasteiger partial charge is 0.301 e. The van der Waals surface area contributed by atoms with E-state index in [1.807, 2.05) is 0 Å². The number of nitrogens with one attached hydrogen (secondary N) is 1. The Bertz CT molecular complexity index is 397. The van der Waals surface area contributed by atoms with Gasteiger partial charge in [0.1, 0.15) is 5.54 Å². The van der Waals surface area contributed by atoms with Gasteiger partial charge in [-0.3, -0.25) is 5.32 Å². The minimum atomic E-state index is -0.324. The highest BCUT2D eigenvalue weighted by Crippen LogP contribution is 2.24. The molecule has 0 atom stereocenters. The highest BCUT2D eigenvalue weighted by atomic mass is 32.1. The van der Waals surface area contributed by atoms with Crippen molar-refractivity contribution in [3.8, 4) is 6.07 Å². The lowest BCUT2D eigenvalue weighted by atomic mass is 9.88. The van der Waals surface area contributed by atoms with Crippen molar-refractivity contribution in [2.75, 3.05) is 13.1 Å². The molecular formula is C14H21N3S. The van der Waals surface area contributed by atoms with E-state index in [1.54, 1.807) is 11.3 Å². The van der Waals surface area contributed by atoms with Crippen LogP contribution in [0.25, 0.3) is 0 Å². The first-order valence-electron chi connectivity index (χ1n) is 6.58. The number of likely N-dealkylation sites (tertiary alicyclic amines) is 1. The number of nitriles is 1. The lowest BCUT2D eigenvalue weighted by Crippen LogP contribution is -2.53. The second-order valence-electron chi connectivity index (χ2n) is 5.26. The first kappa shape index (κ1) is 13.5. The van der Waals surface area contributed by atoms with Crippen molar-refractivity contribution in [2.45, 2.75) is 44.8 Å². The van der Waals surface area contributed by atoms with Crippen LogP contribution in [-0.4, -0.2) is 29.6 Å². The molecule has 1 fully saturated rings. The summed E-state index contributed by atoms with van der Waals surface area (Å²) in [6, 6.07) is 7.26. The fourth-order valence-electron chi connectivity index (χ4n) is 2.42. The number of hydrogen-bond acceptors (Lipinski definition) is 4. The maximum atomic E-state index is 9.47. The molecule has 0 spiro atoms. The van der Waals surface area contributed by atoms with Crippen LogP contribution >= 0.6 is 11.3 Å². The lowest BCUT2D eigenvalue weighted by molar-refractivity contribution is 0.136. The molecule has 4 heteroatoms. The van der Waals surface area contributed by atoms with Crippen molar-refractivity contribution in [3.05, 3.63) is 22.4 Å². The van der Waals surface area contributed by atoms with Crippen molar-refractivity contribution in [1.29, 1.82) is 5.26 Å². The summed E-state index contributed by atoms with van der Waals surface area (Å²) in [6.45, 7) is 7.29. The maximum Gasteiger partial charge on any atom is 0.109 e. The van der Waals surface area contributed by atoms with E-state index in [9.17, 15) is 5.26 Å².